The van der Waals surface area contributed by atoms with Gasteiger partial charge in [0.25, 0.3) is 5.91 Å². The molecule has 3 aromatic rings. The standard InChI is InChI=1S/C22H23N5O2/c1-29-19-8-5-17(6-9-19)22(28)25-18-7-10-21(24-16-18)27-14-12-26(13-15-27)20-4-2-3-11-23-20/h2-11,16H,12-15H2,1H3,(H,25,28). The number of pyridine rings is 2. The van der Waals surface area contributed by atoms with E-state index < -0.39 is 0 Å². The van der Waals surface area contributed by atoms with Gasteiger partial charge in [0, 0.05) is 37.9 Å². The Bertz CT molecular complexity index is 937. The molecule has 29 heavy (non-hydrogen) atoms. The normalized spacial score (nSPS) is 13.8. The lowest BCUT2D eigenvalue weighted by atomic mass is 10.2. The van der Waals surface area contributed by atoms with E-state index in [1.165, 1.54) is 0 Å². The van der Waals surface area contributed by atoms with E-state index in [-0.39, 0.29) is 5.91 Å². The Morgan fingerprint density at radius 3 is 2.14 bits per heavy atom. The second-order valence-corrected chi connectivity index (χ2v) is 6.75. The number of hydrogen-bond acceptors (Lipinski definition) is 6. The van der Waals surface area contributed by atoms with E-state index in [4.69, 9.17) is 4.74 Å². The molecule has 0 saturated carbocycles. The molecule has 1 fully saturated rings. The van der Waals surface area contributed by atoms with Crippen molar-refractivity contribution in [1.82, 2.24) is 9.97 Å². The number of carbonyl (C=O) groups is 1. The van der Waals surface area contributed by atoms with Gasteiger partial charge in [0.2, 0.25) is 0 Å². The zero-order valence-corrected chi connectivity index (χ0v) is 16.3. The summed E-state index contributed by atoms with van der Waals surface area (Å²) in [6.07, 6.45) is 3.52. The van der Waals surface area contributed by atoms with Crippen molar-refractivity contribution in [2.75, 3.05) is 48.4 Å². The molecular weight excluding hydrogens is 366 g/mol. The summed E-state index contributed by atoms with van der Waals surface area (Å²) < 4.78 is 5.12. The summed E-state index contributed by atoms with van der Waals surface area (Å²) in [6.45, 7) is 3.55. The molecule has 0 bridgehead atoms. The van der Waals surface area contributed by atoms with Crippen LogP contribution in [0.4, 0.5) is 17.3 Å². The molecule has 0 unspecified atom stereocenters. The van der Waals surface area contributed by atoms with Gasteiger partial charge in [-0.3, -0.25) is 4.79 Å². The minimum absolute atomic E-state index is 0.175. The van der Waals surface area contributed by atoms with E-state index in [0.717, 1.165) is 43.6 Å². The molecule has 1 aliphatic rings. The highest BCUT2D eigenvalue weighted by Crippen LogP contribution is 2.19. The Morgan fingerprint density at radius 1 is 0.897 bits per heavy atom. The minimum atomic E-state index is -0.175. The molecule has 1 aromatic carbocycles. The first-order chi connectivity index (χ1) is 14.2. The molecule has 7 nitrogen and oxygen atoms in total. The topological polar surface area (TPSA) is 70.6 Å². The number of nitrogens with zero attached hydrogens (tertiary/aromatic N) is 4. The molecule has 1 amide bonds. The maximum Gasteiger partial charge on any atom is 0.255 e. The first-order valence-electron chi connectivity index (χ1n) is 9.55. The van der Waals surface area contributed by atoms with Gasteiger partial charge >= 0.3 is 0 Å². The number of ether oxygens (including phenoxy) is 1. The average Bonchev–Trinajstić information content (AvgIpc) is 2.80. The fourth-order valence-electron chi connectivity index (χ4n) is 3.30. The van der Waals surface area contributed by atoms with Gasteiger partial charge in [0.1, 0.15) is 17.4 Å². The number of aromatic nitrogens is 2. The fraction of sp³-hybridized carbons (Fsp3) is 0.227. The number of hydrogen-bond donors (Lipinski definition) is 1. The third-order valence-electron chi connectivity index (χ3n) is 4.93. The van der Waals surface area contributed by atoms with Crippen LogP contribution in [-0.4, -0.2) is 49.2 Å². The van der Waals surface area contributed by atoms with Crippen molar-refractivity contribution in [2.45, 2.75) is 0 Å². The zero-order chi connectivity index (χ0) is 20.1. The maximum atomic E-state index is 12.4. The quantitative estimate of drug-likeness (QED) is 0.723. The highest BCUT2D eigenvalue weighted by atomic mass is 16.5. The van der Waals surface area contributed by atoms with E-state index in [0.29, 0.717) is 11.3 Å². The Balaban J connectivity index is 1.34. The molecule has 2 aromatic heterocycles. The van der Waals surface area contributed by atoms with Crippen molar-refractivity contribution in [3.8, 4) is 5.75 Å². The van der Waals surface area contributed by atoms with Crippen LogP contribution in [-0.2, 0) is 0 Å². The molecular formula is C22H23N5O2. The molecule has 0 atom stereocenters. The van der Waals surface area contributed by atoms with E-state index in [1.54, 1.807) is 37.6 Å². The van der Waals surface area contributed by atoms with Crippen LogP contribution in [0.25, 0.3) is 0 Å². The summed E-state index contributed by atoms with van der Waals surface area (Å²) in [7, 11) is 1.60. The zero-order valence-electron chi connectivity index (χ0n) is 16.3. The first kappa shape index (κ1) is 18.7. The second kappa shape index (κ2) is 8.60. The average molecular weight is 389 g/mol. The number of rotatable bonds is 5. The number of carbonyl (C=O) groups excluding carboxylic acids is 1. The van der Waals surface area contributed by atoms with Gasteiger partial charge in [0.05, 0.1) is 19.0 Å². The molecule has 0 spiro atoms. The van der Waals surface area contributed by atoms with Gasteiger partial charge in [-0.1, -0.05) is 6.07 Å². The van der Waals surface area contributed by atoms with Gasteiger partial charge in [-0.05, 0) is 48.5 Å². The molecule has 1 saturated heterocycles. The number of anilines is 3. The van der Waals surface area contributed by atoms with Crippen molar-refractivity contribution in [3.63, 3.8) is 0 Å². The Hall–Kier alpha value is -3.61. The molecule has 148 valence electrons. The SMILES string of the molecule is COc1ccc(C(=O)Nc2ccc(N3CCN(c4ccccn4)CC3)nc2)cc1. The third kappa shape index (κ3) is 4.45. The Labute approximate surface area is 170 Å². The monoisotopic (exact) mass is 389 g/mol. The van der Waals surface area contributed by atoms with Crippen LogP contribution in [0.15, 0.2) is 67.0 Å². The molecule has 0 aliphatic carbocycles. The van der Waals surface area contributed by atoms with Crippen LogP contribution in [0.3, 0.4) is 0 Å². The Morgan fingerprint density at radius 2 is 1.59 bits per heavy atom. The summed E-state index contributed by atoms with van der Waals surface area (Å²) in [6, 6.07) is 16.8. The second-order valence-electron chi connectivity index (χ2n) is 6.75. The lowest BCUT2D eigenvalue weighted by molar-refractivity contribution is 0.102. The number of nitrogens with one attached hydrogen (secondary N) is 1. The number of amides is 1. The molecule has 3 heterocycles. The maximum absolute atomic E-state index is 12.4. The van der Waals surface area contributed by atoms with Gasteiger partial charge in [0.15, 0.2) is 0 Å². The van der Waals surface area contributed by atoms with Crippen molar-refractivity contribution >= 4 is 23.2 Å². The van der Waals surface area contributed by atoms with Crippen molar-refractivity contribution in [3.05, 3.63) is 72.6 Å². The highest BCUT2D eigenvalue weighted by molar-refractivity contribution is 6.04. The number of methoxy groups -OCH3 is 1. The first-order valence-corrected chi connectivity index (χ1v) is 9.55. The van der Waals surface area contributed by atoms with Gasteiger partial charge in [-0.15, -0.1) is 0 Å². The molecule has 0 radical (unpaired) electrons. The molecule has 4 rings (SSSR count). The van der Waals surface area contributed by atoms with E-state index >= 15 is 0 Å². The molecule has 1 N–H and O–H groups in total. The smallest absolute Gasteiger partial charge is 0.255 e. The van der Waals surface area contributed by atoms with Gasteiger partial charge in [-0.2, -0.15) is 0 Å². The summed E-state index contributed by atoms with van der Waals surface area (Å²) in [5.41, 5.74) is 1.24. The summed E-state index contributed by atoms with van der Waals surface area (Å²) in [5, 5.41) is 2.88. The summed E-state index contributed by atoms with van der Waals surface area (Å²) >= 11 is 0. The molecule has 1 aliphatic heterocycles. The largest absolute Gasteiger partial charge is 0.497 e. The number of piperazine rings is 1. The van der Waals surface area contributed by atoms with Crippen LogP contribution >= 0.6 is 0 Å². The summed E-state index contributed by atoms with van der Waals surface area (Å²) in [5.74, 6) is 2.46. The van der Waals surface area contributed by atoms with Crippen LogP contribution in [0.5, 0.6) is 5.75 Å². The van der Waals surface area contributed by atoms with Crippen LogP contribution in [0.2, 0.25) is 0 Å². The predicted molar refractivity (Wildman–Crippen MR) is 114 cm³/mol. The lowest BCUT2D eigenvalue weighted by Crippen LogP contribution is -2.47. The minimum Gasteiger partial charge on any atom is -0.497 e. The van der Waals surface area contributed by atoms with Crippen LogP contribution in [0.1, 0.15) is 10.4 Å². The van der Waals surface area contributed by atoms with E-state index in [1.807, 2.05) is 36.5 Å². The summed E-state index contributed by atoms with van der Waals surface area (Å²) in [4.78, 5) is 25.8. The predicted octanol–water partition coefficient (Wildman–Crippen LogP) is 3.06. The van der Waals surface area contributed by atoms with E-state index in [2.05, 4.69) is 25.1 Å². The fourth-order valence-corrected chi connectivity index (χ4v) is 3.30. The van der Waals surface area contributed by atoms with Gasteiger partial charge < -0.3 is 19.9 Å². The van der Waals surface area contributed by atoms with Crippen LogP contribution in [0, 0.1) is 0 Å². The molecule has 7 heteroatoms. The van der Waals surface area contributed by atoms with Crippen molar-refractivity contribution < 1.29 is 9.53 Å². The number of benzene rings is 1. The van der Waals surface area contributed by atoms with Crippen molar-refractivity contribution in [2.24, 2.45) is 0 Å². The highest BCUT2D eigenvalue weighted by Gasteiger charge is 2.19. The van der Waals surface area contributed by atoms with Crippen LogP contribution < -0.4 is 19.9 Å². The van der Waals surface area contributed by atoms with Gasteiger partial charge in [-0.25, -0.2) is 9.97 Å². The van der Waals surface area contributed by atoms with E-state index in [9.17, 15) is 4.79 Å². The third-order valence-corrected chi connectivity index (χ3v) is 4.93. The lowest BCUT2D eigenvalue weighted by Gasteiger charge is -2.36. The Kier molecular flexibility index (Phi) is 5.56. The van der Waals surface area contributed by atoms with Crippen molar-refractivity contribution in [1.29, 1.82) is 0 Å².